The van der Waals surface area contributed by atoms with E-state index in [-0.39, 0.29) is 11.8 Å². The van der Waals surface area contributed by atoms with E-state index in [0.29, 0.717) is 38.5 Å². The first-order valence-electron chi connectivity index (χ1n) is 8.92. The maximum atomic E-state index is 13.1. The molecule has 1 aliphatic rings. The van der Waals surface area contributed by atoms with Crippen molar-refractivity contribution >= 4 is 5.91 Å². The molecule has 0 aromatic carbocycles. The molecule has 0 fully saturated rings. The van der Waals surface area contributed by atoms with Crippen molar-refractivity contribution in [1.82, 2.24) is 29.7 Å². The molecule has 25 heavy (non-hydrogen) atoms. The summed E-state index contributed by atoms with van der Waals surface area (Å²) in [6.45, 7) is 11.6. The zero-order chi connectivity index (χ0) is 18.0. The van der Waals surface area contributed by atoms with Gasteiger partial charge in [0.25, 0.3) is 5.91 Å². The van der Waals surface area contributed by atoms with Gasteiger partial charge >= 0.3 is 0 Å². The maximum Gasteiger partial charge on any atom is 0.272 e. The maximum absolute atomic E-state index is 13.1. The van der Waals surface area contributed by atoms with Gasteiger partial charge in [-0.2, -0.15) is 5.10 Å². The zero-order valence-corrected chi connectivity index (χ0v) is 15.4. The average Bonchev–Trinajstić information content (AvgIpc) is 3.21. The van der Waals surface area contributed by atoms with Gasteiger partial charge in [0.2, 0.25) is 0 Å². The first-order chi connectivity index (χ1) is 12.1. The summed E-state index contributed by atoms with van der Waals surface area (Å²) >= 11 is 0. The fourth-order valence-corrected chi connectivity index (χ4v) is 3.41. The highest BCUT2D eigenvalue weighted by molar-refractivity contribution is 5.92. The molecule has 2 aromatic rings. The summed E-state index contributed by atoms with van der Waals surface area (Å²) in [4.78, 5) is 14.9. The van der Waals surface area contributed by atoms with Crippen molar-refractivity contribution in [3.63, 3.8) is 0 Å². The molecule has 2 aromatic heterocycles. The number of aromatic nitrogens is 5. The molecule has 8 heteroatoms. The summed E-state index contributed by atoms with van der Waals surface area (Å²) in [5.74, 6) is 0.0716. The quantitative estimate of drug-likeness (QED) is 0.794. The fourth-order valence-electron chi connectivity index (χ4n) is 3.41. The van der Waals surface area contributed by atoms with Gasteiger partial charge in [-0.1, -0.05) is 5.21 Å². The summed E-state index contributed by atoms with van der Waals surface area (Å²) in [5, 5.41) is 12.9. The standard InChI is InChI=1S/C17H26N6O2/c1-5-22-15(8-12(4)19-22)17(24)21-9-13(11-25-7-3)16-14(10-21)18-20-23(16)6-2/h8,13H,5-7,9-11H2,1-4H3/t13-/m1/s1. The largest absolute Gasteiger partial charge is 0.381 e. The number of rotatable bonds is 6. The smallest absolute Gasteiger partial charge is 0.272 e. The van der Waals surface area contributed by atoms with Crippen LogP contribution in [0, 0.1) is 6.92 Å². The van der Waals surface area contributed by atoms with Crippen molar-refractivity contribution in [3.8, 4) is 0 Å². The van der Waals surface area contributed by atoms with Crippen LogP contribution in [-0.2, 0) is 24.4 Å². The van der Waals surface area contributed by atoms with Gasteiger partial charge in [0.05, 0.1) is 24.5 Å². The van der Waals surface area contributed by atoms with Crippen LogP contribution in [0.4, 0.5) is 0 Å². The molecule has 1 amide bonds. The van der Waals surface area contributed by atoms with E-state index in [1.807, 2.05) is 43.3 Å². The van der Waals surface area contributed by atoms with Crippen LogP contribution in [0.5, 0.6) is 0 Å². The Morgan fingerprint density at radius 3 is 2.72 bits per heavy atom. The number of carbonyl (C=O) groups excluding carboxylic acids is 1. The molecule has 0 bridgehead atoms. The lowest BCUT2D eigenvalue weighted by atomic mass is 9.98. The molecule has 3 rings (SSSR count). The van der Waals surface area contributed by atoms with E-state index in [1.165, 1.54) is 0 Å². The Balaban J connectivity index is 1.89. The molecule has 0 aliphatic carbocycles. The van der Waals surface area contributed by atoms with E-state index in [1.54, 1.807) is 4.68 Å². The van der Waals surface area contributed by atoms with E-state index in [4.69, 9.17) is 4.74 Å². The molecule has 0 spiro atoms. The molecule has 0 radical (unpaired) electrons. The van der Waals surface area contributed by atoms with Crippen molar-refractivity contribution < 1.29 is 9.53 Å². The monoisotopic (exact) mass is 346 g/mol. The fraction of sp³-hybridized carbons (Fsp3) is 0.647. The SMILES string of the molecule is CCOC[C@H]1CN(C(=O)c2cc(C)nn2CC)Cc2nnn(CC)c21. The highest BCUT2D eigenvalue weighted by Gasteiger charge is 2.34. The van der Waals surface area contributed by atoms with Crippen molar-refractivity contribution in [3.05, 3.63) is 28.8 Å². The lowest BCUT2D eigenvalue weighted by Gasteiger charge is -2.32. The van der Waals surface area contributed by atoms with Gasteiger partial charge in [0.15, 0.2) is 0 Å². The Labute approximate surface area is 147 Å². The number of nitrogens with zero attached hydrogens (tertiary/aromatic N) is 6. The van der Waals surface area contributed by atoms with E-state index >= 15 is 0 Å². The Bertz CT molecular complexity index is 750. The van der Waals surface area contributed by atoms with Crippen LogP contribution in [0.25, 0.3) is 0 Å². The first-order valence-corrected chi connectivity index (χ1v) is 8.92. The van der Waals surface area contributed by atoms with Crippen LogP contribution in [0.15, 0.2) is 6.07 Å². The van der Waals surface area contributed by atoms with Crippen LogP contribution >= 0.6 is 0 Å². The summed E-state index contributed by atoms with van der Waals surface area (Å²) in [5.41, 5.74) is 3.44. The van der Waals surface area contributed by atoms with E-state index in [0.717, 1.165) is 23.6 Å². The molecular formula is C17H26N6O2. The van der Waals surface area contributed by atoms with Gasteiger partial charge in [-0.25, -0.2) is 4.68 Å². The molecular weight excluding hydrogens is 320 g/mol. The second-order valence-electron chi connectivity index (χ2n) is 6.27. The summed E-state index contributed by atoms with van der Waals surface area (Å²) in [6.07, 6.45) is 0. The van der Waals surface area contributed by atoms with E-state index < -0.39 is 0 Å². The summed E-state index contributed by atoms with van der Waals surface area (Å²) in [6, 6.07) is 1.85. The lowest BCUT2D eigenvalue weighted by Crippen LogP contribution is -2.41. The number of hydrogen-bond donors (Lipinski definition) is 0. The molecule has 8 nitrogen and oxygen atoms in total. The second-order valence-corrected chi connectivity index (χ2v) is 6.27. The summed E-state index contributed by atoms with van der Waals surface area (Å²) in [7, 11) is 0. The number of fused-ring (bicyclic) bond motifs is 1. The molecule has 136 valence electrons. The van der Waals surface area contributed by atoms with Gasteiger partial charge in [0.1, 0.15) is 11.4 Å². The van der Waals surface area contributed by atoms with Crippen LogP contribution in [0.3, 0.4) is 0 Å². The topological polar surface area (TPSA) is 78.1 Å². The van der Waals surface area contributed by atoms with Gasteiger partial charge in [-0.3, -0.25) is 9.48 Å². The van der Waals surface area contributed by atoms with Gasteiger partial charge < -0.3 is 9.64 Å². The number of hydrogen-bond acceptors (Lipinski definition) is 5. The molecule has 0 N–H and O–H groups in total. The van der Waals surface area contributed by atoms with Crippen molar-refractivity contribution in [1.29, 1.82) is 0 Å². The van der Waals surface area contributed by atoms with Crippen molar-refractivity contribution in [2.45, 2.75) is 53.2 Å². The molecule has 1 aliphatic heterocycles. The number of aryl methyl sites for hydroxylation is 3. The average molecular weight is 346 g/mol. The third-order valence-corrected chi connectivity index (χ3v) is 4.55. The number of ether oxygens (including phenoxy) is 1. The van der Waals surface area contributed by atoms with Crippen LogP contribution in [0.1, 0.15) is 54.3 Å². The minimum absolute atomic E-state index is 0.0133. The highest BCUT2D eigenvalue weighted by Crippen LogP contribution is 2.28. The third kappa shape index (κ3) is 3.30. The zero-order valence-electron chi connectivity index (χ0n) is 15.4. The Morgan fingerprint density at radius 1 is 1.28 bits per heavy atom. The number of carbonyl (C=O) groups is 1. The third-order valence-electron chi connectivity index (χ3n) is 4.55. The molecule has 1 atom stereocenters. The second kappa shape index (κ2) is 7.35. The number of amides is 1. The highest BCUT2D eigenvalue weighted by atomic mass is 16.5. The molecule has 3 heterocycles. The predicted molar refractivity (Wildman–Crippen MR) is 92.3 cm³/mol. The predicted octanol–water partition coefficient (Wildman–Crippen LogP) is 1.60. The van der Waals surface area contributed by atoms with Gasteiger partial charge in [-0.15, -0.1) is 5.10 Å². The Hall–Kier alpha value is -2.22. The van der Waals surface area contributed by atoms with E-state index in [2.05, 4.69) is 15.4 Å². The van der Waals surface area contributed by atoms with E-state index in [9.17, 15) is 4.79 Å². The summed E-state index contributed by atoms with van der Waals surface area (Å²) < 4.78 is 9.33. The lowest BCUT2D eigenvalue weighted by molar-refractivity contribution is 0.0633. The minimum atomic E-state index is -0.0133. The van der Waals surface area contributed by atoms with Crippen LogP contribution < -0.4 is 0 Å². The molecule has 0 saturated carbocycles. The first kappa shape index (κ1) is 17.6. The minimum Gasteiger partial charge on any atom is -0.381 e. The van der Waals surface area contributed by atoms with Crippen LogP contribution in [0.2, 0.25) is 0 Å². The molecule has 0 unspecified atom stereocenters. The van der Waals surface area contributed by atoms with Crippen molar-refractivity contribution in [2.24, 2.45) is 0 Å². The van der Waals surface area contributed by atoms with Crippen molar-refractivity contribution in [2.75, 3.05) is 19.8 Å². The normalized spacial score (nSPS) is 17.0. The van der Waals surface area contributed by atoms with Crippen LogP contribution in [-0.4, -0.2) is 55.3 Å². The Morgan fingerprint density at radius 2 is 2.04 bits per heavy atom. The Kier molecular flexibility index (Phi) is 5.17. The van der Waals surface area contributed by atoms with Gasteiger partial charge in [-0.05, 0) is 33.8 Å². The van der Waals surface area contributed by atoms with Gasteiger partial charge in [0, 0.05) is 32.2 Å². The molecule has 0 saturated heterocycles.